The molecule has 3 amide bonds. The number of terminal acetylenes is 1. The maximum absolute atomic E-state index is 12.8. The summed E-state index contributed by atoms with van der Waals surface area (Å²) in [7, 11) is 0. The molecule has 8 heteroatoms. The molecule has 0 radical (unpaired) electrons. The van der Waals surface area contributed by atoms with Gasteiger partial charge in [-0.05, 0) is 30.3 Å². The minimum atomic E-state index is -0.501. The van der Waals surface area contributed by atoms with Crippen LogP contribution >= 0.6 is 22.9 Å². The predicted octanol–water partition coefficient (Wildman–Crippen LogP) is 3.38. The molecule has 1 fully saturated rings. The average molecular weight is 424 g/mol. The highest BCUT2D eigenvalue weighted by molar-refractivity contribution is 7.16. The number of aromatic nitrogens is 1. The van der Waals surface area contributed by atoms with Crippen molar-refractivity contribution in [2.24, 2.45) is 4.99 Å². The van der Waals surface area contributed by atoms with Crippen LogP contribution in [0.5, 0.6) is 0 Å². The van der Waals surface area contributed by atoms with Gasteiger partial charge in [0, 0.05) is 18.4 Å². The van der Waals surface area contributed by atoms with Gasteiger partial charge in [-0.3, -0.25) is 19.3 Å². The number of fused-ring (bicyclic) bond motifs is 1. The van der Waals surface area contributed by atoms with Crippen molar-refractivity contribution in [3.63, 3.8) is 0 Å². The second kappa shape index (κ2) is 7.66. The molecule has 29 heavy (non-hydrogen) atoms. The first-order valence-corrected chi connectivity index (χ1v) is 9.95. The monoisotopic (exact) mass is 423 g/mol. The molecule has 0 unspecified atom stereocenters. The van der Waals surface area contributed by atoms with Crippen molar-refractivity contribution in [1.29, 1.82) is 0 Å². The minimum Gasteiger partial charge on any atom is -0.303 e. The number of halogens is 1. The standard InChI is InChI=1S/C21H14ClN3O3S/c1-2-11-24-19-15(22)7-4-8-16(19)29-21(24)23-20(28)13-5-3-6-14(12-13)25-17(26)9-10-18(25)27/h1,3-8,12H,9-11H2. The summed E-state index contributed by atoms with van der Waals surface area (Å²) >= 11 is 7.62. The highest BCUT2D eigenvalue weighted by Gasteiger charge is 2.30. The van der Waals surface area contributed by atoms with Gasteiger partial charge in [0.2, 0.25) is 11.8 Å². The highest BCUT2D eigenvalue weighted by Crippen LogP contribution is 2.26. The zero-order valence-electron chi connectivity index (χ0n) is 15.1. The Hall–Kier alpha value is -3.21. The molecule has 6 nitrogen and oxygen atoms in total. The van der Waals surface area contributed by atoms with Crippen LogP contribution in [0, 0.1) is 12.3 Å². The number of benzene rings is 2. The Morgan fingerprint density at radius 3 is 2.62 bits per heavy atom. The quantitative estimate of drug-likeness (QED) is 0.479. The first kappa shape index (κ1) is 19.1. The van der Waals surface area contributed by atoms with Gasteiger partial charge in [-0.2, -0.15) is 4.99 Å². The van der Waals surface area contributed by atoms with E-state index in [0.29, 0.717) is 15.5 Å². The van der Waals surface area contributed by atoms with Crippen LogP contribution in [0.4, 0.5) is 5.69 Å². The summed E-state index contributed by atoms with van der Waals surface area (Å²) in [4.78, 5) is 42.5. The molecule has 4 rings (SSSR count). The van der Waals surface area contributed by atoms with Crippen LogP contribution in [-0.2, 0) is 16.1 Å². The van der Waals surface area contributed by atoms with E-state index in [-0.39, 0.29) is 36.8 Å². The number of rotatable bonds is 3. The molecule has 0 spiro atoms. The third-order valence-electron chi connectivity index (χ3n) is 4.50. The predicted molar refractivity (Wildman–Crippen MR) is 112 cm³/mol. The van der Waals surface area contributed by atoms with E-state index in [1.807, 2.05) is 12.1 Å². The Morgan fingerprint density at radius 1 is 1.17 bits per heavy atom. The largest absolute Gasteiger partial charge is 0.303 e. The zero-order valence-corrected chi connectivity index (χ0v) is 16.7. The Labute approximate surface area is 175 Å². The third kappa shape index (κ3) is 3.48. The van der Waals surface area contributed by atoms with E-state index in [9.17, 15) is 14.4 Å². The van der Waals surface area contributed by atoms with Crippen LogP contribution in [0.25, 0.3) is 10.2 Å². The molecule has 1 aliphatic rings. The number of carbonyl (C=O) groups excluding carboxylic acids is 3. The average Bonchev–Trinajstić information content (AvgIpc) is 3.22. The fourth-order valence-corrected chi connectivity index (χ4v) is 4.59. The molecule has 3 aromatic rings. The number of anilines is 1. The van der Waals surface area contributed by atoms with E-state index in [1.165, 1.54) is 17.4 Å². The molecular weight excluding hydrogens is 410 g/mol. The molecule has 0 saturated carbocycles. The summed E-state index contributed by atoms with van der Waals surface area (Å²) in [5, 5.41) is 0.524. The molecule has 2 heterocycles. The molecule has 1 aromatic heterocycles. The van der Waals surface area contributed by atoms with E-state index >= 15 is 0 Å². The molecule has 1 aliphatic heterocycles. The SMILES string of the molecule is C#CCn1c(=NC(=O)c2cccc(N3C(=O)CCC3=O)c2)sc2cccc(Cl)c21. The maximum Gasteiger partial charge on any atom is 0.279 e. The number of hydrogen-bond acceptors (Lipinski definition) is 4. The molecule has 144 valence electrons. The van der Waals surface area contributed by atoms with Crippen LogP contribution in [-0.4, -0.2) is 22.3 Å². The van der Waals surface area contributed by atoms with Crippen molar-refractivity contribution in [3.8, 4) is 12.3 Å². The second-order valence-electron chi connectivity index (χ2n) is 6.35. The molecule has 1 saturated heterocycles. The summed E-state index contributed by atoms with van der Waals surface area (Å²) in [5.41, 5.74) is 1.37. The molecule has 0 aliphatic carbocycles. The molecule has 0 bridgehead atoms. The zero-order chi connectivity index (χ0) is 20.5. The van der Waals surface area contributed by atoms with Gasteiger partial charge in [0.1, 0.15) is 0 Å². The first-order valence-electron chi connectivity index (χ1n) is 8.76. The van der Waals surface area contributed by atoms with Crippen LogP contribution in [0.15, 0.2) is 47.5 Å². The Kier molecular flexibility index (Phi) is 5.05. The van der Waals surface area contributed by atoms with Crippen molar-refractivity contribution in [1.82, 2.24) is 4.57 Å². The Balaban J connectivity index is 1.78. The number of hydrogen-bond donors (Lipinski definition) is 0. The van der Waals surface area contributed by atoms with E-state index in [2.05, 4.69) is 10.9 Å². The van der Waals surface area contributed by atoms with Gasteiger partial charge in [0.05, 0.1) is 27.5 Å². The first-order chi connectivity index (χ1) is 14.0. The normalized spacial score (nSPS) is 14.6. The lowest BCUT2D eigenvalue weighted by molar-refractivity contribution is -0.121. The Bertz CT molecular complexity index is 1270. The highest BCUT2D eigenvalue weighted by atomic mass is 35.5. The van der Waals surface area contributed by atoms with Gasteiger partial charge in [0.25, 0.3) is 5.91 Å². The van der Waals surface area contributed by atoms with Crippen molar-refractivity contribution < 1.29 is 14.4 Å². The Morgan fingerprint density at radius 2 is 1.90 bits per heavy atom. The number of thiazole rings is 1. The fourth-order valence-electron chi connectivity index (χ4n) is 3.20. The van der Waals surface area contributed by atoms with E-state index in [1.54, 1.807) is 28.8 Å². The van der Waals surface area contributed by atoms with Gasteiger partial charge in [-0.15, -0.1) is 6.42 Å². The van der Waals surface area contributed by atoms with E-state index < -0.39 is 5.91 Å². The number of nitrogens with zero attached hydrogens (tertiary/aromatic N) is 3. The van der Waals surface area contributed by atoms with Crippen LogP contribution in [0.3, 0.4) is 0 Å². The summed E-state index contributed by atoms with van der Waals surface area (Å²) in [5.74, 6) is 1.51. The third-order valence-corrected chi connectivity index (χ3v) is 5.85. The van der Waals surface area contributed by atoms with Crippen molar-refractivity contribution in [2.75, 3.05) is 4.90 Å². The van der Waals surface area contributed by atoms with Gasteiger partial charge >= 0.3 is 0 Å². The summed E-state index contributed by atoms with van der Waals surface area (Å²) in [6.45, 7) is 0.215. The molecule has 0 N–H and O–H groups in total. The van der Waals surface area contributed by atoms with Crippen molar-refractivity contribution >= 4 is 56.6 Å². The summed E-state index contributed by atoms with van der Waals surface area (Å²) in [6.07, 6.45) is 5.84. The molecule has 0 atom stereocenters. The maximum atomic E-state index is 12.8. The number of imide groups is 1. The van der Waals surface area contributed by atoms with Gasteiger partial charge < -0.3 is 4.57 Å². The summed E-state index contributed by atoms with van der Waals surface area (Å²) < 4.78 is 2.58. The lowest BCUT2D eigenvalue weighted by Gasteiger charge is -2.14. The van der Waals surface area contributed by atoms with Crippen LogP contribution < -0.4 is 9.70 Å². The van der Waals surface area contributed by atoms with Gasteiger partial charge in [-0.25, -0.2) is 0 Å². The van der Waals surface area contributed by atoms with E-state index in [4.69, 9.17) is 18.0 Å². The second-order valence-corrected chi connectivity index (χ2v) is 7.77. The number of amides is 3. The van der Waals surface area contributed by atoms with E-state index in [0.717, 1.165) is 15.1 Å². The molecular formula is C21H14ClN3O3S. The van der Waals surface area contributed by atoms with Crippen molar-refractivity contribution in [2.45, 2.75) is 19.4 Å². The smallest absolute Gasteiger partial charge is 0.279 e. The fraction of sp³-hybridized carbons (Fsp3) is 0.143. The lowest BCUT2D eigenvalue weighted by atomic mass is 10.2. The van der Waals surface area contributed by atoms with Gasteiger partial charge in [-0.1, -0.05) is 41.0 Å². The van der Waals surface area contributed by atoms with Crippen molar-refractivity contribution in [3.05, 3.63) is 57.9 Å². The lowest BCUT2D eigenvalue weighted by Crippen LogP contribution is -2.28. The van der Waals surface area contributed by atoms with Crippen LogP contribution in [0.2, 0.25) is 5.02 Å². The molecule has 2 aromatic carbocycles. The summed E-state index contributed by atoms with van der Waals surface area (Å²) in [6, 6.07) is 11.8. The number of para-hydroxylation sites is 1. The topological polar surface area (TPSA) is 71.7 Å². The van der Waals surface area contributed by atoms with Crippen LogP contribution in [0.1, 0.15) is 23.2 Å². The van der Waals surface area contributed by atoms with Gasteiger partial charge in [0.15, 0.2) is 4.80 Å². The minimum absolute atomic E-state index is 0.177. The number of carbonyl (C=O) groups is 3.